The van der Waals surface area contributed by atoms with Gasteiger partial charge in [-0.3, -0.25) is 0 Å². The quantitative estimate of drug-likeness (QED) is 0.545. The van der Waals surface area contributed by atoms with Crippen molar-refractivity contribution < 1.29 is 19.3 Å². The number of hydrogen-bond donors (Lipinski definition) is 1. The average molecular weight is 272 g/mol. The number of ether oxygens (including phenoxy) is 3. The Morgan fingerprint density at radius 1 is 1.32 bits per heavy atom. The van der Waals surface area contributed by atoms with Gasteiger partial charge in [0.2, 0.25) is 0 Å². The van der Waals surface area contributed by atoms with Crippen LogP contribution in [0.15, 0.2) is 12.2 Å². The predicted octanol–water partition coefficient (Wildman–Crippen LogP) is 2.65. The molecule has 0 aliphatic carbocycles. The van der Waals surface area contributed by atoms with Crippen LogP contribution in [-0.2, 0) is 14.2 Å². The number of rotatable bonds is 8. The fourth-order valence-corrected chi connectivity index (χ4v) is 2.28. The molecule has 19 heavy (non-hydrogen) atoms. The summed E-state index contributed by atoms with van der Waals surface area (Å²) in [6, 6.07) is 0. The third kappa shape index (κ3) is 6.04. The summed E-state index contributed by atoms with van der Waals surface area (Å²) in [7, 11) is 1.64. The third-order valence-electron chi connectivity index (χ3n) is 3.50. The van der Waals surface area contributed by atoms with Gasteiger partial charge in [0.15, 0.2) is 6.29 Å². The molecule has 1 rings (SSSR count). The molecule has 0 radical (unpaired) electrons. The van der Waals surface area contributed by atoms with Gasteiger partial charge in [0.05, 0.1) is 12.2 Å². The molecule has 4 unspecified atom stereocenters. The van der Waals surface area contributed by atoms with E-state index in [4.69, 9.17) is 14.2 Å². The molecule has 112 valence electrons. The standard InChI is InChI=1S/C15H28O4/c1-4-5-6-7-8-9-10-18-15-13(16)11-14(17-3)12(2)19-15/h4-5,12-16H,6-11H2,1-3H3/b5-4+. The molecule has 0 aromatic heterocycles. The number of unbranched alkanes of at least 4 members (excludes halogenated alkanes) is 3. The van der Waals surface area contributed by atoms with Gasteiger partial charge in [-0.15, -0.1) is 0 Å². The molecule has 1 aliphatic rings. The van der Waals surface area contributed by atoms with Gasteiger partial charge in [-0.25, -0.2) is 0 Å². The Morgan fingerprint density at radius 2 is 2.11 bits per heavy atom. The molecule has 1 aliphatic heterocycles. The molecule has 1 heterocycles. The van der Waals surface area contributed by atoms with Crippen molar-refractivity contribution in [3.63, 3.8) is 0 Å². The highest BCUT2D eigenvalue weighted by Crippen LogP contribution is 2.23. The Morgan fingerprint density at radius 3 is 2.79 bits per heavy atom. The molecule has 4 atom stereocenters. The Balaban J connectivity index is 2.12. The summed E-state index contributed by atoms with van der Waals surface area (Å²) in [5.41, 5.74) is 0. The zero-order valence-corrected chi connectivity index (χ0v) is 12.4. The lowest BCUT2D eigenvalue weighted by molar-refractivity contribution is -0.264. The minimum atomic E-state index is -0.593. The van der Waals surface area contributed by atoms with E-state index in [0.717, 1.165) is 19.3 Å². The summed E-state index contributed by atoms with van der Waals surface area (Å²) in [6.45, 7) is 4.63. The molecule has 0 aromatic carbocycles. The molecule has 0 aromatic rings. The first-order valence-corrected chi connectivity index (χ1v) is 7.28. The van der Waals surface area contributed by atoms with Crippen LogP contribution in [0.4, 0.5) is 0 Å². The molecule has 1 saturated heterocycles. The molecule has 0 bridgehead atoms. The molecule has 4 nitrogen and oxygen atoms in total. The Labute approximate surface area is 116 Å². The van der Waals surface area contributed by atoms with E-state index < -0.39 is 12.4 Å². The van der Waals surface area contributed by atoms with Gasteiger partial charge >= 0.3 is 0 Å². The van der Waals surface area contributed by atoms with E-state index in [1.807, 2.05) is 13.8 Å². The number of methoxy groups -OCH3 is 1. The number of hydrogen-bond acceptors (Lipinski definition) is 4. The predicted molar refractivity (Wildman–Crippen MR) is 75.0 cm³/mol. The van der Waals surface area contributed by atoms with Crippen LogP contribution in [0.1, 0.15) is 46.0 Å². The number of aliphatic hydroxyl groups is 1. The summed E-state index contributed by atoms with van der Waals surface area (Å²) in [5.74, 6) is 0. The van der Waals surface area contributed by atoms with Crippen molar-refractivity contribution in [2.45, 2.75) is 70.6 Å². The summed E-state index contributed by atoms with van der Waals surface area (Å²) in [6.07, 6.45) is 8.12. The largest absolute Gasteiger partial charge is 0.388 e. The van der Waals surface area contributed by atoms with Crippen molar-refractivity contribution >= 4 is 0 Å². The van der Waals surface area contributed by atoms with Crippen LogP contribution in [0.3, 0.4) is 0 Å². The molecule has 1 N–H and O–H groups in total. The van der Waals surface area contributed by atoms with E-state index in [-0.39, 0.29) is 12.2 Å². The second kappa shape index (κ2) is 9.48. The van der Waals surface area contributed by atoms with Crippen molar-refractivity contribution in [2.24, 2.45) is 0 Å². The van der Waals surface area contributed by atoms with E-state index >= 15 is 0 Å². The number of allylic oxidation sites excluding steroid dienone is 2. The minimum Gasteiger partial charge on any atom is -0.388 e. The van der Waals surface area contributed by atoms with Gasteiger partial charge in [-0.05, 0) is 33.1 Å². The third-order valence-corrected chi connectivity index (χ3v) is 3.50. The number of aliphatic hydroxyl groups excluding tert-OH is 1. The van der Waals surface area contributed by atoms with E-state index in [1.165, 1.54) is 6.42 Å². The SMILES string of the molecule is C/C=C/CCCCCOC1OC(C)C(OC)CC1O. The highest BCUT2D eigenvalue weighted by atomic mass is 16.7. The van der Waals surface area contributed by atoms with Gasteiger partial charge in [-0.1, -0.05) is 18.6 Å². The lowest BCUT2D eigenvalue weighted by Gasteiger charge is -2.36. The summed E-state index contributed by atoms with van der Waals surface area (Å²) >= 11 is 0. The average Bonchev–Trinajstić information content (AvgIpc) is 2.41. The molecular weight excluding hydrogens is 244 g/mol. The van der Waals surface area contributed by atoms with E-state index in [9.17, 15) is 5.11 Å². The van der Waals surface area contributed by atoms with Crippen molar-refractivity contribution in [2.75, 3.05) is 13.7 Å². The molecule has 0 amide bonds. The Hall–Kier alpha value is -0.420. The van der Waals surface area contributed by atoms with Crippen LogP contribution in [0.5, 0.6) is 0 Å². The molecule has 4 heteroatoms. The van der Waals surface area contributed by atoms with Crippen LogP contribution >= 0.6 is 0 Å². The van der Waals surface area contributed by atoms with Crippen LogP contribution in [0, 0.1) is 0 Å². The first kappa shape index (κ1) is 16.6. The maximum Gasteiger partial charge on any atom is 0.183 e. The molecule has 1 fully saturated rings. The van der Waals surface area contributed by atoms with Gasteiger partial charge in [-0.2, -0.15) is 0 Å². The van der Waals surface area contributed by atoms with Crippen LogP contribution < -0.4 is 0 Å². The van der Waals surface area contributed by atoms with Crippen molar-refractivity contribution in [3.8, 4) is 0 Å². The highest BCUT2D eigenvalue weighted by molar-refractivity contribution is 4.79. The van der Waals surface area contributed by atoms with Gasteiger partial charge < -0.3 is 19.3 Å². The van der Waals surface area contributed by atoms with Crippen LogP contribution in [0.25, 0.3) is 0 Å². The first-order valence-electron chi connectivity index (χ1n) is 7.28. The van der Waals surface area contributed by atoms with E-state index in [2.05, 4.69) is 12.2 Å². The van der Waals surface area contributed by atoms with E-state index in [1.54, 1.807) is 7.11 Å². The van der Waals surface area contributed by atoms with Gasteiger partial charge in [0.1, 0.15) is 6.10 Å². The fraction of sp³-hybridized carbons (Fsp3) is 0.867. The summed E-state index contributed by atoms with van der Waals surface area (Å²) in [5, 5.41) is 9.92. The molecule has 0 spiro atoms. The monoisotopic (exact) mass is 272 g/mol. The van der Waals surface area contributed by atoms with Crippen LogP contribution in [-0.4, -0.2) is 43.4 Å². The van der Waals surface area contributed by atoms with Gasteiger partial charge in [0, 0.05) is 20.1 Å². The van der Waals surface area contributed by atoms with Crippen molar-refractivity contribution in [1.82, 2.24) is 0 Å². The van der Waals surface area contributed by atoms with E-state index in [0.29, 0.717) is 13.0 Å². The van der Waals surface area contributed by atoms with Crippen molar-refractivity contribution in [3.05, 3.63) is 12.2 Å². The lowest BCUT2D eigenvalue weighted by atomic mass is 10.0. The molecule has 0 saturated carbocycles. The topological polar surface area (TPSA) is 47.9 Å². The van der Waals surface area contributed by atoms with Gasteiger partial charge in [0.25, 0.3) is 0 Å². The first-order chi connectivity index (χ1) is 9.19. The maximum atomic E-state index is 9.92. The van der Waals surface area contributed by atoms with Crippen LogP contribution in [0.2, 0.25) is 0 Å². The maximum absolute atomic E-state index is 9.92. The minimum absolute atomic E-state index is 0.0342. The second-order valence-electron chi connectivity index (χ2n) is 5.08. The smallest absolute Gasteiger partial charge is 0.183 e. The Bertz CT molecular complexity index is 255. The fourth-order valence-electron chi connectivity index (χ4n) is 2.28. The zero-order valence-electron chi connectivity index (χ0n) is 12.4. The van der Waals surface area contributed by atoms with Crippen molar-refractivity contribution in [1.29, 1.82) is 0 Å². The lowest BCUT2D eigenvalue weighted by Crippen LogP contribution is -2.47. The summed E-state index contributed by atoms with van der Waals surface area (Å²) in [4.78, 5) is 0. The summed E-state index contributed by atoms with van der Waals surface area (Å²) < 4.78 is 16.5. The second-order valence-corrected chi connectivity index (χ2v) is 5.08. The zero-order chi connectivity index (χ0) is 14.1. The normalized spacial score (nSPS) is 32.0. The molecular formula is C15H28O4. The highest BCUT2D eigenvalue weighted by Gasteiger charge is 2.35. The Kier molecular flexibility index (Phi) is 8.30.